The number of nitrogens with zero attached hydrogens (tertiary/aromatic N) is 2. The van der Waals surface area contributed by atoms with Crippen LogP contribution in [0.3, 0.4) is 0 Å². The Morgan fingerprint density at radius 3 is 2.27 bits per heavy atom. The molecule has 3 aromatic carbocycles. The molecule has 0 radical (unpaired) electrons. The molecule has 1 aliphatic rings. The predicted octanol–water partition coefficient (Wildman–Crippen LogP) is 9.55. The molecule has 0 saturated heterocycles. The summed E-state index contributed by atoms with van der Waals surface area (Å²) in [5.74, 6) is -2.11. The average molecular weight is 557 g/mol. The Labute approximate surface area is 234 Å². The highest BCUT2D eigenvalue weighted by atomic mass is 19.4. The van der Waals surface area contributed by atoms with Gasteiger partial charge in [-0.3, -0.25) is 4.98 Å². The van der Waals surface area contributed by atoms with Crippen molar-refractivity contribution in [1.82, 2.24) is 9.55 Å². The van der Waals surface area contributed by atoms with E-state index < -0.39 is 34.4 Å². The van der Waals surface area contributed by atoms with Crippen LogP contribution in [0.1, 0.15) is 41.8 Å². The number of rotatable bonds is 4. The Balaban J connectivity index is 1.76. The molecule has 2 aromatic heterocycles. The van der Waals surface area contributed by atoms with Gasteiger partial charge in [0.05, 0.1) is 40.4 Å². The smallest absolute Gasteiger partial charge is 0.308 e. The van der Waals surface area contributed by atoms with E-state index >= 15 is 8.78 Å². The third-order valence-corrected chi connectivity index (χ3v) is 8.03. The summed E-state index contributed by atoms with van der Waals surface area (Å²) in [5.41, 5.74) is 2.22. The number of benzene rings is 3. The third kappa shape index (κ3) is 4.19. The zero-order valence-electron chi connectivity index (χ0n) is 22.4. The summed E-state index contributed by atoms with van der Waals surface area (Å²) in [6.07, 6.45) is 0.914. The van der Waals surface area contributed by atoms with Gasteiger partial charge in [-0.2, -0.15) is 13.2 Å². The van der Waals surface area contributed by atoms with Crippen molar-refractivity contribution in [2.75, 3.05) is 0 Å². The molecule has 0 aliphatic heterocycles. The van der Waals surface area contributed by atoms with Crippen molar-refractivity contribution >= 4 is 23.1 Å². The average Bonchev–Trinajstić information content (AvgIpc) is 3.38. The summed E-state index contributed by atoms with van der Waals surface area (Å²) in [6.45, 7) is 8.16. The van der Waals surface area contributed by atoms with E-state index in [4.69, 9.17) is 0 Å². The van der Waals surface area contributed by atoms with Crippen molar-refractivity contribution in [3.8, 4) is 16.8 Å². The molecular weight excluding hydrogens is 531 g/mol. The van der Waals surface area contributed by atoms with E-state index in [-0.39, 0.29) is 11.3 Å². The lowest BCUT2D eigenvalue weighted by molar-refractivity contribution is -0.137. The summed E-state index contributed by atoms with van der Waals surface area (Å²) < 4.78 is 75.8. The van der Waals surface area contributed by atoms with E-state index in [1.54, 1.807) is 24.3 Å². The van der Waals surface area contributed by atoms with E-state index in [1.165, 1.54) is 10.6 Å². The first-order valence-corrected chi connectivity index (χ1v) is 13.1. The normalized spacial score (nSPS) is 15.4. The molecule has 1 aliphatic carbocycles. The van der Waals surface area contributed by atoms with Crippen LogP contribution in [0.5, 0.6) is 0 Å². The molecule has 7 heteroatoms. The van der Waals surface area contributed by atoms with Crippen LogP contribution in [-0.2, 0) is 18.0 Å². The van der Waals surface area contributed by atoms with Gasteiger partial charge in [-0.25, -0.2) is 8.78 Å². The number of hydrogen-bond donors (Lipinski definition) is 0. The monoisotopic (exact) mass is 556 g/mol. The van der Waals surface area contributed by atoms with Gasteiger partial charge in [-0.1, -0.05) is 86.7 Å². The number of allylic oxidation sites excluding steroid dienone is 1. The molecule has 0 atom stereocenters. The standard InChI is InChI=1S/C34H25F5N2/c1-4-22-23-11-6-8-15-29(23)41(30(22)17-21-16-20-10-5-7-13-25(20)33(21,2)3)32-24(12-9-14-26(32)34(37,38)39)31-27(35)18-40-19-28(31)36/h4-15,17-19H,1,16H2,2-3H3/b21-17+. The van der Waals surface area contributed by atoms with Gasteiger partial charge >= 0.3 is 6.18 Å². The van der Waals surface area contributed by atoms with E-state index in [0.29, 0.717) is 28.6 Å². The van der Waals surface area contributed by atoms with Crippen molar-refractivity contribution in [3.05, 3.63) is 131 Å². The molecule has 2 heterocycles. The van der Waals surface area contributed by atoms with Gasteiger partial charge in [0.15, 0.2) is 11.6 Å². The molecule has 0 N–H and O–H groups in total. The summed E-state index contributed by atoms with van der Waals surface area (Å²) >= 11 is 0. The number of hydrogen-bond acceptors (Lipinski definition) is 1. The van der Waals surface area contributed by atoms with Crippen LogP contribution in [0.4, 0.5) is 22.0 Å². The molecule has 5 aromatic rings. The lowest BCUT2D eigenvalue weighted by Crippen LogP contribution is -2.16. The van der Waals surface area contributed by atoms with Gasteiger partial charge in [-0.05, 0) is 35.8 Å². The van der Waals surface area contributed by atoms with Crippen LogP contribution in [0.2, 0.25) is 0 Å². The first-order chi connectivity index (χ1) is 19.5. The maximum Gasteiger partial charge on any atom is 0.418 e. The van der Waals surface area contributed by atoms with Gasteiger partial charge in [0, 0.05) is 21.9 Å². The van der Waals surface area contributed by atoms with Gasteiger partial charge in [-0.15, -0.1) is 0 Å². The van der Waals surface area contributed by atoms with E-state index in [1.807, 2.05) is 30.3 Å². The minimum absolute atomic E-state index is 0.234. The van der Waals surface area contributed by atoms with Gasteiger partial charge in [0.1, 0.15) is 0 Å². The second-order valence-electron chi connectivity index (χ2n) is 10.7. The molecule has 0 amide bonds. The molecule has 41 heavy (non-hydrogen) atoms. The molecule has 0 saturated carbocycles. The Bertz CT molecular complexity index is 1850. The number of alkyl halides is 3. The number of para-hydroxylation sites is 2. The van der Waals surface area contributed by atoms with Crippen molar-refractivity contribution in [1.29, 1.82) is 0 Å². The molecule has 0 fully saturated rings. The minimum Gasteiger partial charge on any atom is -0.308 e. The fraction of sp³-hybridized carbons (Fsp3) is 0.147. The van der Waals surface area contributed by atoms with Crippen LogP contribution in [0, 0.1) is 11.6 Å². The Kier molecular flexibility index (Phi) is 6.21. The number of pyridine rings is 1. The van der Waals surface area contributed by atoms with Crippen LogP contribution >= 0.6 is 0 Å². The van der Waals surface area contributed by atoms with Crippen LogP contribution in [0.15, 0.2) is 91.3 Å². The maximum atomic E-state index is 15.1. The second-order valence-corrected chi connectivity index (χ2v) is 10.7. The van der Waals surface area contributed by atoms with E-state index in [9.17, 15) is 13.2 Å². The van der Waals surface area contributed by atoms with Gasteiger partial charge < -0.3 is 4.57 Å². The van der Waals surface area contributed by atoms with Crippen molar-refractivity contribution in [2.45, 2.75) is 31.9 Å². The molecule has 0 spiro atoms. The van der Waals surface area contributed by atoms with E-state index in [0.717, 1.165) is 41.2 Å². The summed E-state index contributed by atoms with van der Waals surface area (Å²) in [6, 6.07) is 18.5. The SMILES string of the molecule is C=Cc1c(/C=C2\Cc3ccccc3C2(C)C)n(-c2c(-c3c(F)cncc3F)cccc2C(F)(F)F)c2ccccc12. The molecular formula is C34H25F5N2. The largest absolute Gasteiger partial charge is 0.418 e. The van der Waals surface area contributed by atoms with Gasteiger partial charge in [0.25, 0.3) is 0 Å². The molecule has 6 rings (SSSR count). The number of aromatic nitrogens is 2. The van der Waals surface area contributed by atoms with E-state index in [2.05, 4.69) is 31.5 Å². The minimum atomic E-state index is -4.82. The Morgan fingerprint density at radius 2 is 1.59 bits per heavy atom. The molecule has 2 nitrogen and oxygen atoms in total. The molecule has 0 bridgehead atoms. The van der Waals surface area contributed by atoms with Crippen LogP contribution in [-0.4, -0.2) is 9.55 Å². The highest BCUT2D eigenvalue weighted by Gasteiger charge is 2.38. The highest BCUT2D eigenvalue weighted by molar-refractivity contribution is 5.97. The first-order valence-electron chi connectivity index (χ1n) is 13.1. The summed E-state index contributed by atoms with van der Waals surface area (Å²) in [4.78, 5) is 3.53. The third-order valence-electron chi connectivity index (χ3n) is 8.03. The van der Waals surface area contributed by atoms with Gasteiger partial charge in [0.2, 0.25) is 0 Å². The Morgan fingerprint density at radius 1 is 0.902 bits per heavy atom. The lowest BCUT2D eigenvalue weighted by Gasteiger charge is -2.24. The topological polar surface area (TPSA) is 17.8 Å². The fourth-order valence-electron chi connectivity index (χ4n) is 6.05. The molecule has 0 unspecified atom stereocenters. The maximum absolute atomic E-state index is 15.1. The first kappa shape index (κ1) is 26.7. The van der Waals surface area contributed by atoms with Crippen molar-refractivity contribution in [2.24, 2.45) is 0 Å². The zero-order valence-corrected chi connectivity index (χ0v) is 22.4. The summed E-state index contributed by atoms with van der Waals surface area (Å²) in [7, 11) is 0. The number of fused-ring (bicyclic) bond motifs is 2. The van der Waals surface area contributed by atoms with Crippen molar-refractivity contribution in [3.63, 3.8) is 0 Å². The zero-order chi connectivity index (χ0) is 29.1. The summed E-state index contributed by atoms with van der Waals surface area (Å²) in [5, 5.41) is 0.668. The predicted molar refractivity (Wildman–Crippen MR) is 153 cm³/mol. The van der Waals surface area contributed by atoms with Crippen molar-refractivity contribution < 1.29 is 22.0 Å². The molecule has 206 valence electrons. The Hall–Kier alpha value is -4.52. The second kappa shape index (κ2) is 9.54. The lowest BCUT2D eigenvalue weighted by atomic mass is 9.82. The quantitative estimate of drug-likeness (QED) is 0.202. The fourth-order valence-corrected chi connectivity index (χ4v) is 6.05. The highest BCUT2D eigenvalue weighted by Crippen LogP contribution is 2.47. The van der Waals surface area contributed by atoms with Crippen LogP contribution in [0.25, 0.3) is 39.9 Å². The van der Waals surface area contributed by atoms with Crippen LogP contribution < -0.4 is 0 Å². The number of halogens is 5.